The Bertz CT molecular complexity index is 415. The quantitative estimate of drug-likeness (QED) is 0.820. The van der Waals surface area contributed by atoms with Gasteiger partial charge in [0, 0.05) is 6.42 Å². The standard InChI is InChI=1S/C13H17NO3/c1-9-5-3-4-6-11(9)10(2)14-12(15)7-8-13(16)17/h3-6,10H,7-8H2,1-2H3,(H,14,15)(H,16,17)/t10-/m0/s1. The Hall–Kier alpha value is -1.84. The van der Waals surface area contributed by atoms with Crippen molar-refractivity contribution >= 4 is 11.9 Å². The van der Waals surface area contributed by atoms with E-state index in [1.54, 1.807) is 0 Å². The maximum Gasteiger partial charge on any atom is 0.303 e. The minimum atomic E-state index is -0.955. The molecule has 1 atom stereocenters. The van der Waals surface area contributed by atoms with Crippen molar-refractivity contribution in [2.75, 3.05) is 0 Å². The Morgan fingerprint density at radius 2 is 1.94 bits per heavy atom. The monoisotopic (exact) mass is 235 g/mol. The molecule has 17 heavy (non-hydrogen) atoms. The Labute approximate surface area is 101 Å². The van der Waals surface area contributed by atoms with Crippen LogP contribution in [0.4, 0.5) is 0 Å². The van der Waals surface area contributed by atoms with E-state index in [1.807, 2.05) is 38.1 Å². The van der Waals surface area contributed by atoms with Crippen molar-refractivity contribution in [3.05, 3.63) is 35.4 Å². The van der Waals surface area contributed by atoms with Crippen molar-refractivity contribution in [2.45, 2.75) is 32.7 Å². The topological polar surface area (TPSA) is 66.4 Å². The Morgan fingerprint density at radius 3 is 2.53 bits per heavy atom. The molecule has 0 spiro atoms. The largest absolute Gasteiger partial charge is 0.481 e. The summed E-state index contributed by atoms with van der Waals surface area (Å²) in [6.45, 7) is 3.87. The molecule has 1 rings (SSSR count). The number of carboxylic acids is 1. The molecule has 1 aromatic rings. The summed E-state index contributed by atoms with van der Waals surface area (Å²) in [6.07, 6.45) is -0.113. The van der Waals surface area contributed by atoms with E-state index in [2.05, 4.69) is 5.32 Å². The van der Waals surface area contributed by atoms with Gasteiger partial charge < -0.3 is 10.4 Å². The van der Waals surface area contributed by atoms with Crippen molar-refractivity contribution in [3.63, 3.8) is 0 Å². The molecular formula is C13H17NO3. The van der Waals surface area contributed by atoms with Crippen molar-refractivity contribution in [1.82, 2.24) is 5.32 Å². The molecule has 0 unspecified atom stereocenters. The number of carbonyl (C=O) groups excluding carboxylic acids is 1. The number of carboxylic acid groups (broad SMARTS) is 1. The number of aliphatic carboxylic acids is 1. The lowest BCUT2D eigenvalue weighted by Gasteiger charge is -2.16. The van der Waals surface area contributed by atoms with Crippen LogP contribution in [0, 0.1) is 6.92 Å². The first-order valence-electron chi connectivity index (χ1n) is 5.57. The molecular weight excluding hydrogens is 218 g/mol. The van der Waals surface area contributed by atoms with Crippen LogP contribution in [0.2, 0.25) is 0 Å². The molecule has 4 nitrogen and oxygen atoms in total. The molecule has 0 aromatic heterocycles. The van der Waals surface area contributed by atoms with Gasteiger partial charge >= 0.3 is 5.97 Å². The van der Waals surface area contributed by atoms with Gasteiger partial charge in [-0.3, -0.25) is 9.59 Å². The van der Waals surface area contributed by atoms with Crippen LogP contribution in [0.3, 0.4) is 0 Å². The van der Waals surface area contributed by atoms with Crippen LogP contribution in [-0.4, -0.2) is 17.0 Å². The third-order valence-corrected chi connectivity index (χ3v) is 2.60. The van der Waals surface area contributed by atoms with Crippen LogP contribution >= 0.6 is 0 Å². The first-order valence-corrected chi connectivity index (χ1v) is 5.57. The fourth-order valence-electron chi connectivity index (χ4n) is 1.68. The van der Waals surface area contributed by atoms with Gasteiger partial charge in [0.1, 0.15) is 0 Å². The van der Waals surface area contributed by atoms with Crippen LogP contribution in [0.15, 0.2) is 24.3 Å². The van der Waals surface area contributed by atoms with Gasteiger partial charge in [-0.25, -0.2) is 0 Å². The van der Waals surface area contributed by atoms with E-state index in [-0.39, 0.29) is 24.8 Å². The summed E-state index contributed by atoms with van der Waals surface area (Å²) in [5.74, 6) is -1.19. The normalized spacial score (nSPS) is 11.9. The highest BCUT2D eigenvalue weighted by atomic mass is 16.4. The molecule has 0 bridgehead atoms. The number of hydrogen-bond acceptors (Lipinski definition) is 2. The molecule has 0 heterocycles. The molecule has 1 aromatic carbocycles. The second kappa shape index (κ2) is 6.03. The smallest absolute Gasteiger partial charge is 0.303 e. The highest BCUT2D eigenvalue weighted by Crippen LogP contribution is 2.16. The minimum Gasteiger partial charge on any atom is -0.481 e. The van der Waals surface area contributed by atoms with Gasteiger partial charge in [0.15, 0.2) is 0 Å². The van der Waals surface area contributed by atoms with E-state index in [0.29, 0.717) is 0 Å². The van der Waals surface area contributed by atoms with Gasteiger partial charge in [0.05, 0.1) is 12.5 Å². The van der Waals surface area contributed by atoms with Crippen LogP contribution in [0.1, 0.15) is 36.9 Å². The van der Waals surface area contributed by atoms with Gasteiger partial charge in [-0.05, 0) is 25.0 Å². The zero-order valence-electron chi connectivity index (χ0n) is 10.1. The molecule has 0 saturated carbocycles. The van der Waals surface area contributed by atoms with Gasteiger partial charge in [-0.15, -0.1) is 0 Å². The van der Waals surface area contributed by atoms with Gasteiger partial charge in [0.25, 0.3) is 0 Å². The molecule has 2 N–H and O–H groups in total. The predicted octanol–water partition coefficient (Wildman–Crippen LogP) is 2.04. The Kier molecular flexibility index (Phi) is 4.69. The van der Waals surface area contributed by atoms with Gasteiger partial charge in [-0.2, -0.15) is 0 Å². The third-order valence-electron chi connectivity index (χ3n) is 2.60. The number of amides is 1. The predicted molar refractivity (Wildman–Crippen MR) is 64.6 cm³/mol. The van der Waals surface area contributed by atoms with E-state index in [1.165, 1.54) is 0 Å². The maximum atomic E-state index is 11.5. The Balaban J connectivity index is 2.55. The molecule has 0 aliphatic rings. The van der Waals surface area contributed by atoms with E-state index in [9.17, 15) is 9.59 Å². The molecule has 0 saturated heterocycles. The number of nitrogens with one attached hydrogen (secondary N) is 1. The van der Waals surface area contributed by atoms with Gasteiger partial charge in [-0.1, -0.05) is 24.3 Å². The minimum absolute atomic E-state index is 0.0194. The fraction of sp³-hybridized carbons (Fsp3) is 0.385. The molecule has 1 amide bonds. The summed E-state index contributed by atoms with van der Waals surface area (Å²) >= 11 is 0. The van der Waals surface area contributed by atoms with Crippen LogP contribution in [0.5, 0.6) is 0 Å². The first-order chi connectivity index (χ1) is 8.00. The number of benzene rings is 1. The van der Waals surface area contributed by atoms with E-state index < -0.39 is 5.97 Å². The lowest BCUT2D eigenvalue weighted by atomic mass is 10.0. The molecule has 4 heteroatoms. The van der Waals surface area contributed by atoms with Crippen molar-refractivity contribution < 1.29 is 14.7 Å². The zero-order valence-corrected chi connectivity index (χ0v) is 10.1. The highest BCUT2D eigenvalue weighted by molar-refractivity contribution is 5.80. The molecule has 0 aliphatic carbocycles. The van der Waals surface area contributed by atoms with Crippen molar-refractivity contribution in [3.8, 4) is 0 Å². The highest BCUT2D eigenvalue weighted by Gasteiger charge is 2.11. The average Bonchev–Trinajstić information content (AvgIpc) is 2.26. The second-order valence-corrected chi connectivity index (χ2v) is 4.04. The van der Waals surface area contributed by atoms with Crippen molar-refractivity contribution in [1.29, 1.82) is 0 Å². The van der Waals surface area contributed by atoms with E-state index >= 15 is 0 Å². The van der Waals surface area contributed by atoms with E-state index in [4.69, 9.17) is 5.11 Å². The summed E-state index contributed by atoms with van der Waals surface area (Å²) in [7, 11) is 0. The number of hydrogen-bond donors (Lipinski definition) is 2. The van der Waals surface area contributed by atoms with Crippen LogP contribution in [-0.2, 0) is 9.59 Å². The maximum absolute atomic E-state index is 11.5. The van der Waals surface area contributed by atoms with Crippen LogP contribution < -0.4 is 5.32 Å². The third kappa shape index (κ3) is 4.26. The number of aryl methyl sites for hydroxylation is 1. The summed E-state index contributed by atoms with van der Waals surface area (Å²) < 4.78 is 0. The molecule has 0 aliphatic heterocycles. The number of carbonyl (C=O) groups is 2. The van der Waals surface area contributed by atoms with Crippen LogP contribution in [0.25, 0.3) is 0 Å². The zero-order chi connectivity index (χ0) is 12.8. The first kappa shape index (κ1) is 13.2. The molecule has 0 fully saturated rings. The van der Waals surface area contributed by atoms with E-state index in [0.717, 1.165) is 11.1 Å². The molecule has 0 radical (unpaired) electrons. The van der Waals surface area contributed by atoms with Gasteiger partial charge in [0.2, 0.25) is 5.91 Å². The summed E-state index contributed by atoms with van der Waals surface area (Å²) in [5, 5.41) is 11.3. The fourth-order valence-corrected chi connectivity index (χ4v) is 1.68. The lowest BCUT2D eigenvalue weighted by molar-refractivity contribution is -0.138. The summed E-state index contributed by atoms with van der Waals surface area (Å²) in [6, 6.07) is 7.70. The molecule has 92 valence electrons. The van der Waals surface area contributed by atoms with Crippen molar-refractivity contribution in [2.24, 2.45) is 0 Å². The average molecular weight is 235 g/mol. The second-order valence-electron chi connectivity index (χ2n) is 4.04. The number of rotatable bonds is 5. The lowest BCUT2D eigenvalue weighted by Crippen LogP contribution is -2.27. The SMILES string of the molecule is Cc1ccccc1[C@H](C)NC(=O)CCC(=O)O. The summed E-state index contributed by atoms with van der Waals surface area (Å²) in [4.78, 5) is 21.8. The Morgan fingerprint density at radius 1 is 1.29 bits per heavy atom. The summed E-state index contributed by atoms with van der Waals surface area (Å²) in [5.41, 5.74) is 2.16.